The molecule has 0 aliphatic heterocycles. The molecule has 3 amide bonds. The van der Waals surface area contributed by atoms with Crippen molar-refractivity contribution in [2.24, 2.45) is 0 Å². The molecule has 148 valence electrons. The van der Waals surface area contributed by atoms with Crippen LogP contribution in [0.5, 0.6) is 0 Å². The molecule has 1 atom stereocenters. The first-order valence-corrected chi connectivity index (χ1v) is 9.48. The lowest BCUT2D eigenvalue weighted by molar-refractivity contribution is -0.122. The van der Waals surface area contributed by atoms with Crippen molar-refractivity contribution in [3.8, 4) is 0 Å². The third-order valence-corrected chi connectivity index (χ3v) is 4.75. The van der Waals surface area contributed by atoms with E-state index in [0.717, 1.165) is 4.47 Å². The summed E-state index contributed by atoms with van der Waals surface area (Å²) in [6.07, 6.45) is 0. The highest BCUT2D eigenvalue weighted by atomic mass is 79.9. The van der Waals surface area contributed by atoms with E-state index in [2.05, 4.69) is 31.9 Å². The molecule has 0 saturated heterocycles. The van der Waals surface area contributed by atoms with Gasteiger partial charge in [0, 0.05) is 22.8 Å². The minimum atomic E-state index is -0.514. The largest absolute Gasteiger partial charge is 0.326 e. The van der Waals surface area contributed by atoms with Gasteiger partial charge in [0.2, 0.25) is 17.7 Å². The summed E-state index contributed by atoms with van der Waals surface area (Å²) in [6.45, 7) is 3.23. The molecule has 28 heavy (non-hydrogen) atoms. The molecule has 0 spiro atoms. The van der Waals surface area contributed by atoms with Crippen LogP contribution < -0.4 is 16.0 Å². The Labute approximate surface area is 172 Å². The van der Waals surface area contributed by atoms with Crippen molar-refractivity contribution in [1.82, 2.24) is 4.90 Å². The Morgan fingerprint density at radius 3 is 2.11 bits per heavy atom. The Balaban J connectivity index is 1.88. The number of carbonyl (C=O) groups is 3. The molecule has 0 heterocycles. The second-order valence-corrected chi connectivity index (χ2v) is 7.22. The van der Waals surface area contributed by atoms with E-state index in [-0.39, 0.29) is 24.3 Å². The van der Waals surface area contributed by atoms with Crippen LogP contribution in [0.25, 0.3) is 0 Å². The van der Waals surface area contributed by atoms with Crippen LogP contribution in [0.2, 0.25) is 0 Å². The molecule has 0 unspecified atom stereocenters. The van der Waals surface area contributed by atoms with Gasteiger partial charge in [-0.3, -0.25) is 19.3 Å². The minimum absolute atomic E-state index is 0.0669. The SMILES string of the molecule is CC(=O)Nc1ccc(NC(=O)[C@@H](C)N(C)CC(=O)Nc2ccccc2Br)cc1. The smallest absolute Gasteiger partial charge is 0.241 e. The molecule has 2 aromatic carbocycles. The summed E-state index contributed by atoms with van der Waals surface area (Å²) in [5.41, 5.74) is 1.94. The maximum absolute atomic E-state index is 12.4. The Bertz CT molecular complexity index is 855. The summed E-state index contributed by atoms with van der Waals surface area (Å²) in [5, 5.41) is 8.28. The van der Waals surface area contributed by atoms with Gasteiger partial charge < -0.3 is 16.0 Å². The number of benzene rings is 2. The van der Waals surface area contributed by atoms with Crippen molar-refractivity contribution in [2.45, 2.75) is 19.9 Å². The molecule has 0 aliphatic rings. The molecule has 3 N–H and O–H groups in total. The third-order valence-electron chi connectivity index (χ3n) is 4.05. The van der Waals surface area contributed by atoms with Crippen molar-refractivity contribution in [3.63, 3.8) is 0 Å². The lowest BCUT2D eigenvalue weighted by Gasteiger charge is -2.23. The van der Waals surface area contributed by atoms with E-state index < -0.39 is 6.04 Å². The van der Waals surface area contributed by atoms with E-state index in [4.69, 9.17) is 0 Å². The maximum Gasteiger partial charge on any atom is 0.241 e. The van der Waals surface area contributed by atoms with Gasteiger partial charge in [0.05, 0.1) is 18.3 Å². The van der Waals surface area contributed by atoms with Gasteiger partial charge in [0.1, 0.15) is 0 Å². The molecule has 2 rings (SSSR count). The van der Waals surface area contributed by atoms with Crippen molar-refractivity contribution in [3.05, 3.63) is 53.0 Å². The van der Waals surface area contributed by atoms with Crippen LogP contribution in [-0.2, 0) is 14.4 Å². The molecule has 0 fully saturated rings. The molecule has 2 aromatic rings. The van der Waals surface area contributed by atoms with Crippen LogP contribution in [0.1, 0.15) is 13.8 Å². The predicted octanol–water partition coefficient (Wildman–Crippen LogP) is 3.31. The number of anilines is 3. The molecule has 0 saturated carbocycles. The number of nitrogens with one attached hydrogen (secondary N) is 3. The van der Waals surface area contributed by atoms with Crippen molar-refractivity contribution < 1.29 is 14.4 Å². The van der Waals surface area contributed by atoms with Crippen LogP contribution in [0.3, 0.4) is 0 Å². The molecule has 7 nitrogen and oxygen atoms in total. The van der Waals surface area contributed by atoms with Gasteiger partial charge in [-0.1, -0.05) is 12.1 Å². The first-order valence-electron chi connectivity index (χ1n) is 8.69. The van der Waals surface area contributed by atoms with Gasteiger partial charge in [-0.05, 0) is 66.3 Å². The van der Waals surface area contributed by atoms with E-state index in [1.54, 1.807) is 49.2 Å². The standard InChI is InChI=1S/C20H23BrN4O3/c1-13(20(28)23-16-10-8-15(9-11-16)22-14(2)26)25(3)12-19(27)24-18-7-5-4-6-17(18)21/h4-11,13H,12H2,1-3H3,(H,22,26)(H,23,28)(H,24,27)/t13-/m1/s1. The average molecular weight is 447 g/mol. The molecule has 0 bridgehead atoms. The van der Waals surface area contributed by atoms with Crippen molar-refractivity contribution >= 4 is 50.7 Å². The number of hydrogen-bond donors (Lipinski definition) is 3. The van der Waals surface area contributed by atoms with Gasteiger partial charge in [-0.25, -0.2) is 0 Å². The predicted molar refractivity (Wildman–Crippen MR) is 114 cm³/mol. The number of carbonyl (C=O) groups excluding carboxylic acids is 3. The zero-order chi connectivity index (χ0) is 20.7. The summed E-state index contributed by atoms with van der Waals surface area (Å²) in [6, 6.07) is 13.6. The maximum atomic E-state index is 12.4. The Morgan fingerprint density at radius 2 is 1.54 bits per heavy atom. The van der Waals surface area contributed by atoms with Crippen molar-refractivity contribution in [2.75, 3.05) is 29.5 Å². The molecule has 8 heteroatoms. The Morgan fingerprint density at radius 1 is 0.964 bits per heavy atom. The quantitative estimate of drug-likeness (QED) is 0.608. The number of para-hydroxylation sites is 1. The lowest BCUT2D eigenvalue weighted by Crippen LogP contribution is -2.43. The fourth-order valence-corrected chi connectivity index (χ4v) is 2.79. The van der Waals surface area contributed by atoms with Crippen molar-refractivity contribution in [1.29, 1.82) is 0 Å². The Kier molecular flexibility index (Phi) is 7.71. The van der Waals surface area contributed by atoms with Crippen LogP contribution in [0, 0.1) is 0 Å². The van der Waals surface area contributed by atoms with Crippen LogP contribution >= 0.6 is 15.9 Å². The number of halogens is 1. The number of amides is 3. The van der Waals surface area contributed by atoms with E-state index in [0.29, 0.717) is 17.1 Å². The topological polar surface area (TPSA) is 90.5 Å². The van der Waals surface area contributed by atoms with Gasteiger partial charge in [0.15, 0.2) is 0 Å². The molecule has 0 aliphatic carbocycles. The Hall–Kier alpha value is -2.71. The zero-order valence-corrected chi connectivity index (χ0v) is 17.5. The van der Waals surface area contributed by atoms with E-state index >= 15 is 0 Å². The second kappa shape index (κ2) is 10.0. The van der Waals surface area contributed by atoms with E-state index in [9.17, 15) is 14.4 Å². The normalized spacial score (nSPS) is 11.6. The first kappa shape index (κ1) is 21.6. The van der Waals surface area contributed by atoms with Crippen LogP contribution in [0.4, 0.5) is 17.1 Å². The zero-order valence-electron chi connectivity index (χ0n) is 16.0. The molecule has 0 aromatic heterocycles. The average Bonchev–Trinajstić information content (AvgIpc) is 2.64. The monoisotopic (exact) mass is 446 g/mol. The minimum Gasteiger partial charge on any atom is -0.326 e. The molecular formula is C20H23BrN4O3. The number of nitrogens with zero attached hydrogens (tertiary/aromatic N) is 1. The third kappa shape index (κ3) is 6.47. The van der Waals surface area contributed by atoms with Gasteiger partial charge >= 0.3 is 0 Å². The summed E-state index contributed by atoms with van der Waals surface area (Å²) < 4.78 is 0.791. The van der Waals surface area contributed by atoms with Gasteiger partial charge in [-0.15, -0.1) is 0 Å². The number of hydrogen-bond acceptors (Lipinski definition) is 4. The summed E-state index contributed by atoms with van der Waals surface area (Å²) in [4.78, 5) is 37.4. The van der Waals surface area contributed by atoms with Gasteiger partial charge in [-0.2, -0.15) is 0 Å². The number of rotatable bonds is 7. The summed E-state index contributed by atoms with van der Waals surface area (Å²) in [7, 11) is 1.71. The first-order chi connectivity index (χ1) is 13.3. The fourth-order valence-electron chi connectivity index (χ4n) is 2.40. The van der Waals surface area contributed by atoms with E-state index in [1.165, 1.54) is 6.92 Å². The van der Waals surface area contributed by atoms with Crippen LogP contribution in [-0.4, -0.2) is 42.3 Å². The van der Waals surface area contributed by atoms with Crippen LogP contribution in [0.15, 0.2) is 53.0 Å². The fraction of sp³-hybridized carbons (Fsp3) is 0.250. The summed E-state index contributed by atoms with van der Waals surface area (Å²) in [5.74, 6) is -0.606. The lowest BCUT2D eigenvalue weighted by atomic mass is 10.2. The number of likely N-dealkylation sites (N-methyl/N-ethyl adjacent to an activating group) is 1. The highest BCUT2D eigenvalue weighted by Crippen LogP contribution is 2.21. The summed E-state index contributed by atoms with van der Waals surface area (Å²) >= 11 is 3.38. The highest BCUT2D eigenvalue weighted by Gasteiger charge is 2.20. The highest BCUT2D eigenvalue weighted by molar-refractivity contribution is 9.10. The second-order valence-electron chi connectivity index (χ2n) is 6.37. The van der Waals surface area contributed by atoms with E-state index in [1.807, 2.05) is 18.2 Å². The molecular weight excluding hydrogens is 424 g/mol. The molecule has 0 radical (unpaired) electrons. The van der Waals surface area contributed by atoms with Gasteiger partial charge in [0.25, 0.3) is 0 Å².